The summed E-state index contributed by atoms with van der Waals surface area (Å²) in [5, 5.41) is 2.16. The SMILES string of the molecule is COc1ccc(N(c2ccc(OC)cc2)c2ccc(-c3cc(-c4ccc(N(c5ccc(OC)cc5)c5ccc(OC)cc5)cc4)cc(N(O[Si](C)(C)C(C)(C)C)C(C)(C)C)c3)cc2)cc1. The van der Waals surface area contributed by atoms with Crippen molar-refractivity contribution in [3.05, 3.63) is 164 Å². The Morgan fingerprint density at radius 1 is 0.338 bits per heavy atom. The maximum atomic E-state index is 7.22. The summed E-state index contributed by atoms with van der Waals surface area (Å²) in [5.74, 6) is 3.21. The molecule has 0 aliphatic heterocycles. The van der Waals surface area contributed by atoms with Crippen LogP contribution in [0.15, 0.2) is 164 Å². The van der Waals surface area contributed by atoms with E-state index in [4.69, 9.17) is 23.5 Å². The van der Waals surface area contributed by atoms with E-state index < -0.39 is 8.32 Å². The predicted octanol–water partition coefficient (Wildman–Crippen LogP) is 15.5. The molecule has 0 N–H and O–H groups in total. The van der Waals surface area contributed by atoms with Crippen LogP contribution in [0.2, 0.25) is 18.1 Å². The van der Waals surface area contributed by atoms with Gasteiger partial charge in [0.05, 0.1) is 39.7 Å². The molecule has 65 heavy (non-hydrogen) atoms. The molecule has 7 aromatic carbocycles. The Labute approximate surface area is 387 Å². The van der Waals surface area contributed by atoms with Crippen molar-refractivity contribution in [1.29, 1.82) is 0 Å². The standard InChI is InChI=1S/C56H63N3O5Si/c1-55(2,3)59(64-65(11,12)56(4,5)6)50-38-42(40-13-17-44(18-14-40)57(46-21-29-51(60-7)30-22-46)47-23-31-52(61-8)32-24-47)37-43(39-50)41-15-19-45(20-16-41)58(48-25-33-53(62-9)34-26-48)49-27-35-54(63-10)36-28-49/h13-39H,1-12H3. The summed E-state index contributed by atoms with van der Waals surface area (Å²) in [6.07, 6.45) is 0. The summed E-state index contributed by atoms with van der Waals surface area (Å²) < 4.78 is 29.2. The normalized spacial score (nSPS) is 11.8. The molecule has 8 nitrogen and oxygen atoms in total. The third kappa shape index (κ3) is 10.5. The van der Waals surface area contributed by atoms with Crippen LogP contribution in [0.1, 0.15) is 41.5 Å². The molecule has 7 aromatic rings. The molecule has 9 heteroatoms. The summed E-state index contributed by atoms with van der Waals surface area (Å²) >= 11 is 0. The molecule has 0 unspecified atom stereocenters. The zero-order valence-corrected chi connectivity index (χ0v) is 41.0. The van der Waals surface area contributed by atoms with Crippen LogP contribution < -0.4 is 33.8 Å². The van der Waals surface area contributed by atoms with E-state index in [1.807, 2.05) is 48.5 Å². The van der Waals surface area contributed by atoms with Gasteiger partial charge >= 0.3 is 0 Å². The van der Waals surface area contributed by atoms with Crippen LogP contribution in [0.5, 0.6) is 23.0 Å². The van der Waals surface area contributed by atoms with Gasteiger partial charge in [-0.1, -0.05) is 45.0 Å². The Hall–Kier alpha value is -6.68. The number of methoxy groups -OCH3 is 4. The van der Waals surface area contributed by atoms with E-state index in [1.165, 1.54) is 0 Å². The number of rotatable bonds is 15. The zero-order valence-electron chi connectivity index (χ0n) is 40.0. The number of nitrogens with zero attached hydrogens (tertiary/aromatic N) is 3. The minimum atomic E-state index is -2.26. The largest absolute Gasteiger partial charge is 0.497 e. The number of hydrogen-bond donors (Lipinski definition) is 0. The highest BCUT2D eigenvalue weighted by Gasteiger charge is 2.42. The number of hydroxylamine groups is 1. The molecule has 0 fully saturated rings. The molecule has 0 bridgehead atoms. The molecule has 0 spiro atoms. The molecule has 336 valence electrons. The lowest BCUT2D eigenvalue weighted by molar-refractivity contribution is 0.185. The van der Waals surface area contributed by atoms with Crippen LogP contribution in [0.25, 0.3) is 22.3 Å². The van der Waals surface area contributed by atoms with E-state index in [9.17, 15) is 0 Å². The van der Waals surface area contributed by atoms with Crippen LogP contribution in [0.4, 0.5) is 39.8 Å². The van der Waals surface area contributed by atoms with Crippen LogP contribution in [0.3, 0.4) is 0 Å². The van der Waals surface area contributed by atoms with Crippen molar-refractivity contribution in [1.82, 2.24) is 0 Å². The summed E-state index contributed by atoms with van der Waals surface area (Å²) in [6.45, 7) is 18.1. The topological polar surface area (TPSA) is 55.9 Å². The van der Waals surface area contributed by atoms with E-state index in [-0.39, 0.29) is 10.6 Å². The van der Waals surface area contributed by atoms with E-state index in [0.717, 1.165) is 85.1 Å². The van der Waals surface area contributed by atoms with Crippen LogP contribution in [-0.4, -0.2) is 42.3 Å². The number of ether oxygens (including phenoxy) is 4. The average molecular weight is 886 g/mol. The van der Waals surface area contributed by atoms with E-state index >= 15 is 0 Å². The van der Waals surface area contributed by atoms with Gasteiger partial charge in [-0.3, -0.25) is 5.06 Å². The van der Waals surface area contributed by atoms with Gasteiger partial charge < -0.3 is 33.3 Å². The molecular weight excluding hydrogens is 823 g/mol. The summed E-state index contributed by atoms with van der Waals surface area (Å²) in [5.41, 5.74) is 11.1. The monoisotopic (exact) mass is 885 g/mol. The highest BCUT2D eigenvalue weighted by Crippen LogP contribution is 2.44. The van der Waals surface area contributed by atoms with Crippen LogP contribution >= 0.6 is 0 Å². The van der Waals surface area contributed by atoms with Gasteiger partial charge in [0.25, 0.3) is 0 Å². The molecule has 0 aromatic heterocycles. The van der Waals surface area contributed by atoms with Gasteiger partial charge in [-0.2, -0.15) is 0 Å². The minimum Gasteiger partial charge on any atom is -0.497 e. The molecule has 0 saturated carbocycles. The molecule has 0 radical (unpaired) electrons. The molecule has 0 aliphatic rings. The average Bonchev–Trinajstić information content (AvgIpc) is 3.31. The quantitative estimate of drug-likeness (QED) is 0.0745. The Morgan fingerprint density at radius 3 is 0.831 bits per heavy atom. The van der Waals surface area contributed by atoms with Crippen LogP contribution in [0, 0.1) is 0 Å². The first-order valence-electron chi connectivity index (χ1n) is 22.0. The van der Waals surface area contributed by atoms with Crippen molar-refractivity contribution < 1.29 is 23.5 Å². The second-order valence-electron chi connectivity index (χ2n) is 18.6. The van der Waals surface area contributed by atoms with Gasteiger partial charge in [-0.15, -0.1) is 0 Å². The number of hydrogen-bond acceptors (Lipinski definition) is 8. The van der Waals surface area contributed by atoms with E-state index in [0.29, 0.717) is 0 Å². The fourth-order valence-electron chi connectivity index (χ4n) is 7.43. The fourth-order valence-corrected chi connectivity index (χ4v) is 8.54. The van der Waals surface area contributed by atoms with Crippen molar-refractivity contribution in [3.8, 4) is 45.3 Å². The molecule has 0 saturated heterocycles. The first-order valence-corrected chi connectivity index (χ1v) is 24.9. The lowest BCUT2D eigenvalue weighted by atomic mass is 9.96. The smallest absolute Gasteiger partial charge is 0.228 e. The van der Waals surface area contributed by atoms with Crippen molar-refractivity contribution >= 4 is 48.1 Å². The first-order chi connectivity index (χ1) is 31.0. The highest BCUT2D eigenvalue weighted by molar-refractivity contribution is 6.74. The Morgan fingerprint density at radius 2 is 0.600 bits per heavy atom. The molecule has 7 rings (SSSR count). The third-order valence-corrected chi connectivity index (χ3v) is 16.4. The molecule has 0 heterocycles. The number of benzene rings is 7. The molecule has 0 atom stereocenters. The van der Waals surface area contributed by atoms with Crippen LogP contribution in [-0.2, 0) is 4.53 Å². The van der Waals surface area contributed by atoms with Gasteiger partial charge in [0, 0.05) is 34.1 Å². The van der Waals surface area contributed by atoms with E-state index in [2.05, 4.69) is 185 Å². The lowest BCUT2D eigenvalue weighted by Gasteiger charge is -2.46. The van der Waals surface area contributed by atoms with Gasteiger partial charge in [-0.05, 0) is 201 Å². The fraction of sp³-hybridized carbons (Fsp3) is 0.250. The molecule has 0 amide bonds. The molecule has 0 aliphatic carbocycles. The second-order valence-corrected chi connectivity index (χ2v) is 23.3. The van der Waals surface area contributed by atoms with Crippen molar-refractivity contribution in [2.75, 3.05) is 43.3 Å². The maximum absolute atomic E-state index is 7.22. The van der Waals surface area contributed by atoms with Gasteiger partial charge in [0.15, 0.2) is 0 Å². The van der Waals surface area contributed by atoms with Gasteiger partial charge in [-0.25, -0.2) is 0 Å². The Bertz CT molecular complexity index is 2380. The Kier molecular flexibility index (Phi) is 13.7. The summed E-state index contributed by atoms with van der Waals surface area (Å²) in [6, 6.07) is 56.9. The van der Waals surface area contributed by atoms with E-state index in [1.54, 1.807) is 28.4 Å². The Balaban J connectivity index is 1.33. The van der Waals surface area contributed by atoms with Crippen molar-refractivity contribution in [3.63, 3.8) is 0 Å². The maximum Gasteiger partial charge on any atom is 0.228 e. The number of anilines is 7. The minimum absolute atomic E-state index is 0.00187. The first kappa shape index (κ1) is 46.3. The van der Waals surface area contributed by atoms with Gasteiger partial charge in [0.1, 0.15) is 23.0 Å². The third-order valence-electron chi connectivity index (χ3n) is 12.1. The predicted molar refractivity (Wildman–Crippen MR) is 273 cm³/mol. The lowest BCUT2D eigenvalue weighted by Crippen LogP contribution is -2.52. The van der Waals surface area contributed by atoms with Crippen molar-refractivity contribution in [2.24, 2.45) is 0 Å². The van der Waals surface area contributed by atoms with Crippen molar-refractivity contribution in [2.45, 2.75) is 65.2 Å². The molecular formula is C56H63N3O5Si. The summed E-state index contributed by atoms with van der Waals surface area (Å²) in [4.78, 5) is 4.48. The highest BCUT2D eigenvalue weighted by atomic mass is 28.4. The zero-order chi connectivity index (χ0) is 46.5. The second kappa shape index (κ2) is 19.2. The van der Waals surface area contributed by atoms with Gasteiger partial charge in [0.2, 0.25) is 8.32 Å². The summed E-state index contributed by atoms with van der Waals surface area (Å²) in [7, 11) is 4.48.